The van der Waals surface area contributed by atoms with Gasteiger partial charge in [0, 0.05) is 50.3 Å². The first-order valence-electron chi connectivity index (χ1n) is 9.26. The third-order valence-corrected chi connectivity index (χ3v) is 6.01. The monoisotopic (exact) mass is 354 g/mol. The highest BCUT2D eigenvalue weighted by Gasteiger charge is 2.46. The molecule has 1 amide bonds. The van der Waals surface area contributed by atoms with Gasteiger partial charge in [-0.05, 0) is 25.5 Å². The maximum atomic E-state index is 12.1. The predicted molar refractivity (Wildman–Crippen MR) is 102 cm³/mol. The molecule has 0 spiro atoms. The van der Waals surface area contributed by atoms with Crippen LogP contribution in [0.5, 0.6) is 0 Å². The number of pyridine rings is 1. The summed E-state index contributed by atoms with van der Waals surface area (Å²) < 4.78 is 5.51. The average molecular weight is 354 g/mol. The first-order valence-corrected chi connectivity index (χ1v) is 9.26. The summed E-state index contributed by atoms with van der Waals surface area (Å²) in [5, 5.41) is 1.19. The largest absolute Gasteiger partial charge is 0.379 e. The molecular weight excluding hydrogens is 328 g/mol. The number of carbonyl (C=O) groups excluding carboxylic acids is 1. The van der Waals surface area contributed by atoms with Crippen molar-refractivity contribution in [3.8, 4) is 0 Å². The van der Waals surface area contributed by atoms with E-state index >= 15 is 0 Å². The number of nitrogens with two attached hydrogens (primary N) is 1. The third kappa shape index (κ3) is 2.64. The number of hydrogen-bond acceptors (Lipinski definition) is 5. The Hall–Kier alpha value is -2.18. The minimum absolute atomic E-state index is 0.259. The van der Waals surface area contributed by atoms with Gasteiger partial charge < -0.3 is 15.4 Å². The number of aryl methyl sites for hydroxylation is 1. The molecule has 0 aliphatic carbocycles. The lowest BCUT2D eigenvalue weighted by Gasteiger charge is -2.44. The van der Waals surface area contributed by atoms with Crippen molar-refractivity contribution in [2.75, 3.05) is 44.3 Å². The first kappa shape index (κ1) is 17.2. The molecule has 1 unspecified atom stereocenters. The summed E-state index contributed by atoms with van der Waals surface area (Å²) >= 11 is 0. The van der Waals surface area contributed by atoms with Gasteiger partial charge in [0.15, 0.2) is 0 Å². The molecule has 2 fully saturated rings. The topological polar surface area (TPSA) is 71.7 Å². The molecule has 26 heavy (non-hydrogen) atoms. The third-order valence-electron chi connectivity index (χ3n) is 6.01. The van der Waals surface area contributed by atoms with Gasteiger partial charge in [-0.2, -0.15) is 0 Å². The zero-order chi connectivity index (χ0) is 18.3. The number of nitrogens with zero attached hydrogens (tertiary/aromatic N) is 3. The molecule has 2 aliphatic rings. The van der Waals surface area contributed by atoms with Crippen LogP contribution in [0.2, 0.25) is 0 Å². The quantitative estimate of drug-likeness (QED) is 0.907. The molecule has 4 rings (SSSR count). The zero-order valence-electron chi connectivity index (χ0n) is 15.5. The fraction of sp³-hybridized carbons (Fsp3) is 0.500. The molecule has 2 aliphatic heterocycles. The summed E-state index contributed by atoms with van der Waals surface area (Å²) in [6.45, 7) is 8.58. The van der Waals surface area contributed by atoms with Gasteiger partial charge in [-0.1, -0.05) is 18.2 Å². The smallest absolute Gasteiger partial charge is 0.240 e. The average Bonchev–Trinajstić information content (AvgIpc) is 3.14. The van der Waals surface area contributed by atoms with Crippen molar-refractivity contribution in [3.05, 3.63) is 35.5 Å². The molecule has 2 saturated heterocycles. The predicted octanol–water partition coefficient (Wildman–Crippen LogP) is 1.62. The number of amides is 1. The molecule has 6 heteroatoms. The Labute approximate surface area is 153 Å². The van der Waals surface area contributed by atoms with Gasteiger partial charge >= 0.3 is 0 Å². The number of hydrogen-bond donors (Lipinski definition) is 1. The summed E-state index contributed by atoms with van der Waals surface area (Å²) in [7, 11) is 0. The Kier molecular flexibility index (Phi) is 4.32. The number of rotatable bonds is 3. The van der Waals surface area contributed by atoms with Crippen LogP contribution in [0.3, 0.4) is 0 Å². The highest BCUT2D eigenvalue weighted by atomic mass is 16.5. The molecule has 1 atom stereocenters. The minimum Gasteiger partial charge on any atom is -0.379 e. The van der Waals surface area contributed by atoms with Crippen molar-refractivity contribution >= 4 is 22.5 Å². The molecular formula is C20H26N4O2. The highest BCUT2D eigenvalue weighted by Crippen LogP contribution is 2.33. The molecule has 2 N–H and O–H groups in total. The molecule has 0 radical (unpaired) electrons. The zero-order valence-corrected chi connectivity index (χ0v) is 15.5. The lowest BCUT2D eigenvalue weighted by Crippen LogP contribution is -2.63. The van der Waals surface area contributed by atoms with Gasteiger partial charge in [0.05, 0.1) is 17.8 Å². The normalized spacial score (nSPS) is 24.3. The van der Waals surface area contributed by atoms with E-state index < -0.39 is 5.54 Å². The van der Waals surface area contributed by atoms with Crippen LogP contribution >= 0.6 is 0 Å². The number of anilines is 1. The van der Waals surface area contributed by atoms with Crippen LogP contribution in [0.25, 0.3) is 10.9 Å². The fourth-order valence-corrected chi connectivity index (χ4v) is 4.33. The Morgan fingerprint density at radius 3 is 2.58 bits per heavy atom. The molecule has 1 aromatic heterocycles. The van der Waals surface area contributed by atoms with Crippen LogP contribution in [-0.2, 0) is 9.53 Å². The summed E-state index contributed by atoms with van der Waals surface area (Å²) in [5.74, 6) is -0.259. The van der Waals surface area contributed by atoms with Crippen LogP contribution in [0.1, 0.15) is 17.7 Å². The summed E-state index contributed by atoms with van der Waals surface area (Å²) in [6, 6.07) is 8.31. The molecule has 2 aromatic rings. The number of ether oxygens (including phenoxy) is 1. The van der Waals surface area contributed by atoms with Crippen LogP contribution in [-0.4, -0.2) is 60.7 Å². The van der Waals surface area contributed by atoms with E-state index in [0.717, 1.165) is 37.4 Å². The van der Waals surface area contributed by atoms with Crippen molar-refractivity contribution in [3.63, 3.8) is 0 Å². The lowest BCUT2D eigenvalue weighted by atomic mass is 9.94. The minimum atomic E-state index is -0.628. The number of piperazine rings is 1. The Balaban J connectivity index is 1.62. The number of fused-ring (bicyclic) bond motifs is 1. The van der Waals surface area contributed by atoms with Crippen molar-refractivity contribution in [1.82, 2.24) is 9.88 Å². The molecule has 6 nitrogen and oxygen atoms in total. The number of aromatic nitrogens is 1. The van der Waals surface area contributed by atoms with E-state index in [0.29, 0.717) is 19.6 Å². The second kappa shape index (κ2) is 6.52. The Morgan fingerprint density at radius 2 is 1.92 bits per heavy atom. The molecule has 138 valence electrons. The van der Waals surface area contributed by atoms with E-state index in [-0.39, 0.29) is 5.91 Å². The van der Waals surface area contributed by atoms with Crippen LogP contribution < -0.4 is 10.6 Å². The fourth-order valence-electron chi connectivity index (χ4n) is 4.33. The first-order chi connectivity index (χ1) is 12.5. The van der Waals surface area contributed by atoms with E-state index in [1.165, 1.54) is 16.6 Å². The van der Waals surface area contributed by atoms with Crippen molar-refractivity contribution in [1.29, 1.82) is 0 Å². The van der Waals surface area contributed by atoms with Gasteiger partial charge in [-0.3, -0.25) is 14.7 Å². The number of para-hydroxylation sites is 1. The van der Waals surface area contributed by atoms with Crippen LogP contribution in [0.4, 0.5) is 5.69 Å². The van der Waals surface area contributed by atoms with Gasteiger partial charge in [0.25, 0.3) is 0 Å². The number of primary amides is 1. The Morgan fingerprint density at radius 1 is 1.19 bits per heavy atom. The van der Waals surface area contributed by atoms with Crippen molar-refractivity contribution in [2.45, 2.75) is 25.8 Å². The molecule has 3 heterocycles. The van der Waals surface area contributed by atoms with Crippen molar-refractivity contribution < 1.29 is 9.53 Å². The van der Waals surface area contributed by atoms with E-state index in [9.17, 15) is 4.79 Å². The SMILES string of the molecule is Cc1nc2ccccc2c(N2CCN(C3(C(N)=O)CCOC3)CC2)c1C. The molecule has 0 saturated carbocycles. The van der Waals surface area contributed by atoms with Gasteiger partial charge in [0.1, 0.15) is 5.54 Å². The number of benzene rings is 1. The molecule has 1 aromatic carbocycles. The highest BCUT2D eigenvalue weighted by molar-refractivity contribution is 5.94. The summed E-state index contributed by atoms with van der Waals surface area (Å²) in [6.07, 6.45) is 0.693. The number of carbonyl (C=O) groups is 1. The van der Waals surface area contributed by atoms with Crippen molar-refractivity contribution in [2.24, 2.45) is 5.73 Å². The van der Waals surface area contributed by atoms with E-state index in [1.807, 2.05) is 6.07 Å². The maximum absolute atomic E-state index is 12.1. The van der Waals surface area contributed by atoms with E-state index in [2.05, 4.69) is 41.8 Å². The molecule has 0 bridgehead atoms. The maximum Gasteiger partial charge on any atom is 0.240 e. The van der Waals surface area contributed by atoms with Crippen LogP contribution in [0, 0.1) is 13.8 Å². The second-order valence-corrected chi connectivity index (χ2v) is 7.36. The lowest BCUT2D eigenvalue weighted by molar-refractivity contribution is -0.130. The Bertz CT molecular complexity index is 837. The second-order valence-electron chi connectivity index (χ2n) is 7.36. The van der Waals surface area contributed by atoms with Gasteiger partial charge in [-0.25, -0.2) is 0 Å². The van der Waals surface area contributed by atoms with Gasteiger partial charge in [-0.15, -0.1) is 0 Å². The summed E-state index contributed by atoms with van der Waals surface area (Å²) in [4.78, 5) is 21.5. The standard InChI is InChI=1S/C20H26N4O2/c1-14-15(2)22-17-6-4-3-5-16(17)18(14)23-8-10-24(11-9-23)20(19(21)25)7-12-26-13-20/h3-6H,7-13H2,1-2H3,(H2,21,25). The van der Waals surface area contributed by atoms with E-state index in [1.54, 1.807) is 0 Å². The van der Waals surface area contributed by atoms with Crippen LogP contribution in [0.15, 0.2) is 24.3 Å². The van der Waals surface area contributed by atoms with Gasteiger partial charge in [0.2, 0.25) is 5.91 Å². The van der Waals surface area contributed by atoms with E-state index in [4.69, 9.17) is 15.5 Å². The summed E-state index contributed by atoms with van der Waals surface area (Å²) in [5.41, 5.74) is 9.71.